The Morgan fingerprint density at radius 3 is 2.20 bits per heavy atom. The van der Waals surface area contributed by atoms with Crippen LogP contribution in [0.3, 0.4) is 0 Å². The number of aliphatic carboxylic acids is 1. The number of amides is 1. The Bertz CT molecular complexity index is 452. The van der Waals surface area contributed by atoms with Crippen LogP contribution >= 0.6 is 0 Å². The Morgan fingerprint density at radius 1 is 1.20 bits per heavy atom. The third-order valence-corrected chi connectivity index (χ3v) is 3.83. The summed E-state index contributed by atoms with van der Waals surface area (Å²) in [6.45, 7) is 5.68. The highest BCUT2D eigenvalue weighted by Gasteiger charge is 2.37. The van der Waals surface area contributed by atoms with E-state index in [1.807, 2.05) is 44.2 Å². The van der Waals surface area contributed by atoms with Crippen molar-refractivity contribution in [3.8, 4) is 0 Å². The number of carboxylic acid groups (broad SMARTS) is 1. The number of benzene rings is 1. The van der Waals surface area contributed by atoms with Crippen molar-refractivity contribution in [1.29, 1.82) is 0 Å². The lowest BCUT2D eigenvalue weighted by Gasteiger charge is -2.32. The van der Waals surface area contributed by atoms with Gasteiger partial charge < -0.3 is 10.4 Å². The number of carboxylic acids is 1. The van der Waals surface area contributed by atoms with E-state index in [0.717, 1.165) is 5.56 Å². The van der Waals surface area contributed by atoms with Gasteiger partial charge in [-0.1, -0.05) is 44.2 Å². The van der Waals surface area contributed by atoms with E-state index in [1.54, 1.807) is 6.92 Å². The van der Waals surface area contributed by atoms with Crippen LogP contribution in [0.4, 0.5) is 0 Å². The molecule has 1 unspecified atom stereocenters. The highest BCUT2D eigenvalue weighted by atomic mass is 16.4. The van der Waals surface area contributed by atoms with Crippen molar-refractivity contribution in [1.82, 2.24) is 5.32 Å². The summed E-state index contributed by atoms with van der Waals surface area (Å²) in [6, 6.07) is 9.29. The Hall–Kier alpha value is -1.84. The van der Waals surface area contributed by atoms with Crippen molar-refractivity contribution >= 4 is 11.9 Å². The Kier molecular flexibility index (Phi) is 5.74. The summed E-state index contributed by atoms with van der Waals surface area (Å²) < 4.78 is 0. The molecule has 0 aromatic heterocycles. The van der Waals surface area contributed by atoms with E-state index in [4.69, 9.17) is 5.11 Å². The Balaban J connectivity index is 2.96. The molecule has 0 fully saturated rings. The first kappa shape index (κ1) is 16.2. The van der Waals surface area contributed by atoms with Crippen molar-refractivity contribution in [3.63, 3.8) is 0 Å². The van der Waals surface area contributed by atoms with Crippen molar-refractivity contribution in [2.45, 2.75) is 51.5 Å². The number of nitrogens with one attached hydrogen (secondary N) is 1. The highest BCUT2D eigenvalue weighted by Crippen LogP contribution is 2.32. The van der Waals surface area contributed by atoms with Crippen LogP contribution < -0.4 is 5.32 Å². The number of hydrogen-bond donors (Lipinski definition) is 2. The van der Waals surface area contributed by atoms with Crippen molar-refractivity contribution in [2.75, 3.05) is 0 Å². The first-order chi connectivity index (χ1) is 9.46. The van der Waals surface area contributed by atoms with E-state index in [1.165, 1.54) is 0 Å². The first-order valence-corrected chi connectivity index (χ1v) is 7.04. The molecule has 0 spiro atoms. The van der Waals surface area contributed by atoms with E-state index in [-0.39, 0.29) is 18.4 Å². The maximum absolute atomic E-state index is 12.6. The maximum Gasteiger partial charge on any atom is 0.305 e. The van der Waals surface area contributed by atoms with Crippen LogP contribution in [0.2, 0.25) is 0 Å². The van der Waals surface area contributed by atoms with E-state index in [2.05, 4.69) is 5.32 Å². The zero-order valence-electron chi connectivity index (χ0n) is 12.3. The highest BCUT2D eigenvalue weighted by molar-refractivity contribution is 5.88. The fourth-order valence-electron chi connectivity index (χ4n) is 2.54. The molecule has 4 nitrogen and oxygen atoms in total. The van der Waals surface area contributed by atoms with E-state index in [9.17, 15) is 9.59 Å². The average molecular weight is 277 g/mol. The van der Waals surface area contributed by atoms with E-state index in [0.29, 0.717) is 12.8 Å². The number of hydrogen-bond acceptors (Lipinski definition) is 2. The summed E-state index contributed by atoms with van der Waals surface area (Å²) in [4.78, 5) is 23.3. The predicted molar refractivity (Wildman–Crippen MR) is 78.6 cm³/mol. The fourth-order valence-corrected chi connectivity index (χ4v) is 2.54. The number of carbonyl (C=O) groups excluding carboxylic acids is 1. The molecule has 2 N–H and O–H groups in total. The predicted octanol–water partition coefficient (Wildman–Crippen LogP) is 2.72. The van der Waals surface area contributed by atoms with Gasteiger partial charge in [-0.2, -0.15) is 0 Å². The molecule has 110 valence electrons. The van der Waals surface area contributed by atoms with Crippen molar-refractivity contribution in [2.24, 2.45) is 0 Å². The molecule has 0 heterocycles. The van der Waals surface area contributed by atoms with Gasteiger partial charge >= 0.3 is 5.97 Å². The zero-order valence-corrected chi connectivity index (χ0v) is 12.3. The SMILES string of the molecule is CCC(CC)(C(=O)NC(C)CC(=O)O)c1ccccc1. The second-order valence-electron chi connectivity index (χ2n) is 5.13. The normalized spacial score (nSPS) is 12.8. The largest absolute Gasteiger partial charge is 0.481 e. The van der Waals surface area contributed by atoms with Crippen LogP contribution in [-0.2, 0) is 15.0 Å². The van der Waals surface area contributed by atoms with Crippen molar-refractivity contribution < 1.29 is 14.7 Å². The molecule has 1 amide bonds. The van der Waals surface area contributed by atoms with Gasteiger partial charge in [0.1, 0.15) is 0 Å². The van der Waals surface area contributed by atoms with E-state index < -0.39 is 11.4 Å². The summed E-state index contributed by atoms with van der Waals surface area (Å²) in [7, 11) is 0. The monoisotopic (exact) mass is 277 g/mol. The van der Waals surface area contributed by atoms with Gasteiger partial charge in [0.25, 0.3) is 0 Å². The minimum absolute atomic E-state index is 0.0654. The fraction of sp³-hybridized carbons (Fsp3) is 0.500. The standard InChI is InChI=1S/C16H23NO3/c1-4-16(5-2,13-9-7-6-8-10-13)15(20)17-12(3)11-14(18)19/h6-10,12H,4-5,11H2,1-3H3,(H,17,20)(H,18,19). The first-order valence-electron chi connectivity index (χ1n) is 7.04. The van der Waals surface area contributed by atoms with Crippen molar-refractivity contribution in [3.05, 3.63) is 35.9 Å². The topological polar surface area (TPSA) is 66.4 Å². The van der Waals surface area contributed by atoms with Crippen LogP contribution in [0.25, 0.3) is 0 Å². The van der Waals surface area contributed by atoms with Crippen LogP contribution in [0.5, 0.6) is 0 Å². The molecule has 0 aliphatic rings. The van der Waals surface area contributed by atoms with Gasteiger partial charge in [0, 0.05) is 6.04 Å². The van der Waals surface area contributed by atoms with Gasteiger partial charge in [0.05, 0.1) is 11.8 Å². The number of rotatable bonds is 7. The van der Waals surface area contributed by atoms with Gasteiger partial charge in [0.2, 0.25) is 5.91 Å². The molecule has 4 heteroatoms. The molecule has 20 heavy (non-hydrogen) atoms. The third-order valence-electron chi connectivity index (χ3n) is 3.83. The molecule has 0 aliphatic carbocycles. The zero-order chi connectivity index (χ0) is 15.2. The molecule has 1 rings (SSSR count). The lowest BCUT2D eigenvalue weighted by molar-refractivity contribution is -0.137. The van der Waals surface area contributed by atoms with Gasteiger partial charge in [-0.25, -0.2) is 0 Å². The lowest BCUT2D eigenvalue weighted by atomic mass is 9.75. The second-order valence-corrected chi connectivity index (χ2v) is 5.13. The van der Waals surface area contributed by atoms with Crippen LogP contribution in [0, 0.1) is 0 Å². The molecular weight excluding hydrogens is 254 g/mol. The quantitative estimate of drug-likeness (QED) is 0.805. The Morgan fingerprint density at radius 2 is 1.75 bits per heavy atom. The molecule has 0 aliphatic heterocycles. The summed E-state index contributed by atoms with van der Waals surface area (Å²) in [6.07, 6.45) is 1.29. The lowest BCUT2D eigenvalue weighted by Crippen LogP contribution is -2.47. The van der Waals surface area contributed by atoms with Gasteiger partial charge in [-0.15, -0.1) is 0 Å². The summed E-state index contributed by atoms with van der Waals surface area (Å²) >= 11 is 0. The summed E-state index contributed by atoms with van der Waals surface area (Å²) in [5.74, 6) is -1.00. The molecule has 0 bridgehead atoms. The smallest absolute Gasteiger partial charge is 0.305 e. The maximum atomic E-state index is 12.6. The minimum Gasteiger partial charge on any atom is -0.481 e. The molecule has 1 aromatic rings. The van der Waals surface area contributed by atoms with Crippen LogP contribution in [-0.4, -0.2) is 23.0 Å². The molecule has 0 saturated heterocycles. The number of carbonyl (C=O) groups is 2. The third kappa shape index (κ3) is 3.59. The summed E-state index contributed by atoms with van der Waals surface area (Å²) in [5, 5.41) is 11.6. The van der Waals surface area contributed by atoms with Gasteiger partial charge in [-0.05, 0) is 25.3 Å². The van der Waals surface area contributed by atoms with E-state index >= 15 is 0 Å². The molecular formula is C16H23NO3. The average Bonchev–Trinajstić information content (AvgIpc) is 2.41. The van der Waals surface area contributed by atoms with Gasteiger partial charge in [0.15, 0.2) is 0 Å². The molecule has 1 atom stereocenters. The second kappa shape index (κ2) is 7.08. The van der Waals surface area contributed by atoms with Gasteiger partial charge in [-0.3, -0.25) is 9.59 Å². The molecule has 1 aromatic carbocycles. The minimum atomic E-state index is -0.906. The summed E-state index contributed by atoms with van der Waals surface area (Å²) in [5.41, 5.74) is 0.388. The van der Waals surface area contributed by atoms with Crippen LogP contribution in [0.1, 0.15) is 45.6 Å². The van der Waals surface area contributed by atoms with Crippen LogP contribution in [0.15, 0.2) is 30.3 Å². The Labute approximate surface area is 120 Å². The molecule has 0 saturated carbocycles. The molecule has 0 radical (unpaired) electrons.